The summed E-state index contributed by atoms with van der Waals surface area (Å²) in [6, 6.07) is 9.32. The van der Waals surface area contributed by atoms with Crippen molar-refractivity contribution < 1.29 is 19.1 Å². The maximum atomic E-state index is 13.0. The van der Waals surface area contributed by atoms with Gasteiger partial charge in [0.1, 0.15) is 5.82 Å². The Morgan fingerprint density at radius 3 is 2.16 bits per heavy atom. The number of hydrogen-bond acceptors (Lipinski definition) is 2. The summed E-state index contributed by atoms with van der Waals surface area (Å²) < 4.78 is 13.0. The number of carboxylic acid groups (broad SMARTS) is 1. The molecule has 0 aliphatic rings. The maximum Gasteiger partial charge on any atom is 0.312 e. The van der Waals surface area contributed by atoms with Gasteiger partial charge in [-0.05, 0) is 55.2 Å². The van der Waals surface area contributed by atoms with E-state index in [4.69, 9.17) is 0 Å². The van der Waals surface area contributed by atoms with Crippen LogP contribution in [-0.4, -0.2) is 23.5 Å². The first-order valence-corrected chi connectivity index (χ1v) is 8.09. The van der Waals surface area contributed by atoms with E-state index in [-0.39, 0.29) is 18.9 Å². The van der Waals surface area contributed by atoms with Crippen molar-refractivity contribution in [1.82, 2.24) is 5.32 Å². The standard InChI is InChI=1S/C20H22FNO3/c1-12-8-13(2)17(14(3)9-12)10-19(23)22-11-18(20(24)25)15-4-6-16(21)7-5-15/h4-9,18H,10-11H2,1-3H3,(H,22,23)(H,24,25). The molecule has 132 valence electrons. The first-order valence-electron chi connectivity index (χ1n) is 8.09. The van der Waals surface area contributed by atoms with Gasteiger partial charge in [0.2, 0.25) is 5.91 Å². The molecular weight excluding hydrogens is 321 g/mol. The van der Waals surface area contributed by atoms with Crippen molar-refractivity contribution in [2.75, 3.05) is 6.54 Å². The minimum atomic E-state index is -1.06. The molecule has 0 radical (unpaired) electrons. The summed E-state index contributed by atoms with van der Waals surface area (Å²) in [5.74, 6) is -2.63. The Labute approximate surface area is 146 Å². The van der Waals surface area contributed by atoms with E-state index in [0.717, 1.165) is 22.3 Å². The van der Waals surface area contributed by atoms with Gasteiger partial charge in [-0.1, -0.05) is 29.8 Å². The number of hydrogen-bond donors (Lipinski definition) is 2. The lowest BCUT2D eigenvalue weighted by Crippen LogP contribution is -2.33. The lowest BCUT2D eigenvalue weighted by molar-refractivity contribution is -0.138. The molecule has 0 aliphatic heterocycles. The predicted octanol–water partition coefficient (Wildman–Crippen LogP) is 3.28. The molecule has 1 amide bonds. The number of carbonyl (C=O) groups excluding carboxylic acids is 1. The highest BCUT2D eigenvalue weighted by Crippen LogP contribution is 2.18. The van der Waals surface area contributed by atoms with Crippen LogP contribution < -0.4 is 5.32 Å². The van der Waals surface area contributed by atoms with Gasteiger partial charge in [0.25, 0.3) is 0 Å². The summed E-state index contributed by atoms with van der Waals surface area (Å²) >= 11 is 0. The van der Waals surface area contributed by atoms with Gasteiger partial charge >= 0.3 is 5.97 Å². The third-order valence-corrected chi connectivity index (χ3v) is 4.25. The van der Waals surface area contributed by atoms with Gasteiger partial charge in [-0.2, -0.15) is 0 Å². The van der Waals surface area contributed by atoms with Crippen LogP contribution in [0.3, 0.4) is 0 Å². The number of amides is 1. The van der Waals surface area contributed by atoms with E-state index in [0.29, 0.717) is 5.56 Å². The number of carboxylic acids is 1. The van der Waals surface area contributed by atoms with Crippen molar-refractivity contribution in [3.8, 4) is 0 Å². The Morgan fingerprint density at radius 2 is 1.64 bits per heavy atom. The molecule has 4 nitrogen and oxygen atoms in total. The van der Waals surface area contributed by atoms with Crippen LogP contribution in [0, 0.1) is 26.6 Å². The van der Waals surface area contributed by atoms with E-state index < -0.39 is 17.7 Å². The fourth-order valence-corrected chi connectivity index (χ4v) is 2.97. The van der Waals surface area contributed by atoms with Crippen LogP contribution in [0.15, 0.2) is 36.4 Å². The van der Waals surface area contributed by atoms with Gasteiger partial charge in [-0.25, -0.2) is 4.39 Å². The first kappa shape index (κ1) is 18.6. The number of benzene rings is 2. The van der Waals surface area contributed by atoms with Gasteiger partial charge in [0.05, 0.1) is 12.3 Å². The monoisotopic (exact) mass is 343 g/mol. The quantitative estimate of drug-likeness (QED) is 0.846. The number of nitrogens with one attached hydrogen (secondary N) is 1. The fraction of sp³-hybridized carbons (Fsp3) is 0.300. The SMILES string of the molecule is Cc1cc(C)c(CC(=O)NCC(C(=O)O)c2ccc(F)cc2)c(C)c1. The smallest absolute Gasteiger partial charge is 0.312 e. The Bertz CT molecular complexity index is 761. The molecule has 1 atom stereocenters. The number of halogens is 1. The van der Waals surface area contributed by atoms with Crippen molar-refractivity contribution >= 4 is 11.9 Å². The summed E-state index contributed by atoms with van der Waals surface area (Å²) in [4.78, 5) is 23.7. The minimum Gasteiger partial charge on any atom is -0.481 e. The normalized spacial score (nSPS) is 11.8. The van der Waals surface area contributed by atoms with Crippen molar-refractivity contribution in [2.24, 2.45) is 0 Å². The summed E-state index contributed by atoms with van der Waals surface area (Å²) in [7, 11) is 0. The molecule has 25 heavy (non-hydrogen) atoms. The van der Waals surface area contributed by atoms with Gasteiger partial charge in [0, 0.05) is 6.54 Å². The van der Waals surface area contributed by atoms with Crippen LogP contribution >= 0.6 is 0 Å². The molecule has 5 heteroatoms. The van der Waals surface area contributed by atoms with E-state index in [2.05, 4.69) is 5.32 Å². The van der Waals surface area contributed by atoms with Crippen LogP contribution in [0.25, 0.3) is 0 Å². The van der Waals surface area contributed by atoms with Crippen LogP contribution in [0.1, 0.15) is 33.7 Å². The molecule has 2 rings (SSSR count). The van der Waals surface area contributed by atoms with E-state index in [9.17, 15) is 19.1 Å². The third-order valence-electron chi connectivity index (χ3n) is 4.25. The van der Waals surface area contributed by atoms with Crippen molar-refractivity contribution in [3.63, 3.8) is 0 Å². The number of carbonyl (C=O) groups is 2. The van der Waals surface area contributed by atoms with E-state index in [1.165, 1.54) is 24.3 Å². The van der Waals surface area contributed by atoms with Crippen LogP contribution in [0.4, 0.5) is 4.39 Å². The zero-order chi connectivity index (χ0) is 18.6. The Morgan fingerprint density at radius 1 is 1.08 bits per heavy atom. The second-order valence-electron chi connectivity index (χ2n) is 6.30. The fourth-order valence-electron chi connectivity index (χ4n) is 2.97. The molecule has 0 saturated heterocycles. The molecule has 1 unspecified atom stereocenters. The highest BCUT2D eigenvalue weighted by Gasteiger charge is 2.21. The second kappa shape index (κ2) is 7.92. The van der Waals surface area contributed by atoms with Gasteiger partial charge in [-0.15, -0.1) is 0 Å². The molecule has 2 aromatic rings. The molecule has 0 aliphatic carbocycles. The van der Waals surface area contributed by atoms with Crippen LogP contribution in [-0.2, 0) is 16.0 Å². The third kappa shape index (κ3) is 4.89. The highest BCUT2D eigenvalue weighted by molar-refractivity contribution is 5.81. The molecule has 0 bridgehead atoms. The average Bonchev–Trinajstić information content (AvgIpc) is 2.52. The Balaban J connectivity index is 2.05. The number of rotatable bonds is 6. The molecule has 0 heterocycles. The Kier molecular flexibility index (Phi) is 5.91. The lowest BCUT2D eigenvalue weighted by Gasteiger charge is -2.15. The maximum absolute atomic E-state index is 13.0. The van der Waals surface area contributed by atoms with E-state index >= 15 is 0 Å². The molecule has 0 saturated carbocycles. The zero-order valence-electron chi connectivity index (χ0n) is 14.6. The van der Waals surface area contributed by atoms with Gasteiger partial charge in [0.15, 0.2) is 0 Å². The molecule has 0 fully saturated rings. The van der Waals surface area contributed by atoms with Crippen molar-refractivity contribution in [1.29, 1.82) is 0 Å². The number of aryl methyl sites for hydroxylation is 3. The largest absolute Gasteiger partial charge is 0.481 e. The van der Waals surface area contributed by atoms with Crippen molar-refractivity contribution in [3.05, 3.63) is 70.0 Å². The number of aliphatic carboxylic acids is 1. The van der Waals surface area contributed by atoms with Gasteiger partial charge < -0.3 is 10.4 Å². The summed E-state index contributed by atoms with van der Waals surface area (Å²) in [6.45, 7) is 5.89. The summed E-state index contributed by atoms with van der Waals surface area (Å²) in [6.07, 6.45) is 0.202. The van der Waals surface area contributed by atoms with Crippen LogP contribution in [0.5, 0.6) is 0 Å². The molecule has 0 aromatic heterocycles. The molecular formula is C20H22FNO3. The average molecular weight is 343 g/mol. The summed E-state index contributed by atoms with van der Waals surface area (Å²) in [5.41, 5.74) is 4.64. The molecule has 2 aromatic carbocycles. The minimum absolute atomic E-state index is 0.0379. The molecule has 2 N–H and O–H groups in total. The second-order valence-corrected chi connectivity index (χ2v) is 6.30. The molecule has 0 spiro atoms. The van der Waals surface area contributed by atoms with E-state index in [1.807, 2.05) is 32.9 Å². The Hall–Kier alpha value is -2.69. The first-order chi connectivity index (χ1) is 11.8. The zero-order valence-corrected chi connectivity index (χ0v) is 14.6. The van der Waals surface area contributed by atoms with Crippen molar-refractivity contribution in [2.45, 2.75) is 33.1 Å². The summed E-state index contributed by atoms with van der Waals surface area (Å²) in [5, 5.41) is 12.1. The topological polar surface area (TPSA) is 66.4 Å². The lowest BCUT2D eigenvalue weighted by atomic mass is 9.96. The highest BCUT2D eigenvalue weighted by atomic mass is 19.1. The van der Waals surface area contributed by atoms with Gasteiger partial charge in [-0.3, -0.25) is 9.59 Å². The predicted molar refractivity (Wildman–Crippen MR) is 94.1 cm³/mol. The van der Waals surface area contributed by atoms with Crippen LogP contribution in [0.2, 0.25) is 0 Å². The van der Waals surface area contributed by atoms with E-state index in [1.54, 1.807) is 0 Å².